The number of hydrogen-bond donors (Lipinski definition) is 3. The van der Waals surface area contributed by atoms with Gasteiger partial charge >= 0.3 is 6.03 Å². The number of benzene rings is 2. The molecule has 2 aromatic carbocycles. The van der Waals surface area contributed by atoms with Crippen molar-refractivity contribution >= 4 is 11.9 Å². The number of aromatic hydroxyl groups is 1. The van der Waals surface area contributed by atoms with Gasteiger partial charge in [0.1, 0.15) is 17.5 Å². The number of urea groups is 1. The lowest BCUT2D eigenvalue weighted by molar-refractivity contribution is 0.0787. The van der Waals surface area contributed by atoms with Crippen LogP contribution in [0.15, 0.2) is 48.7 Å². The largest absolute Gasteiger partial charge is 0.507 e. The van der Waals surface area contributed by atoms with Gasteiger partial charge in [-0.2, -0.15) is 0 Å². The van der Waals surface area contributed by atoms with Crippen LogP contribution in [0.3, 0.4) is 0 Å². The van der Waals surface area contributed by atoms with Crippen molar-refractivity contribution in [2.75, 3.05) is 13.7 Å². The Hall–Kier alpha value is -3.92. The molecule has 3 N–H and O–H groups in total. The van der Waals surface area contributed by atoms with Crippen LogP contribution in [0.5, 0.6) is 11.5 Å². The number of phenolic OH excluding ortho intramolecular Hbond substituents is 1. The number of fused-ring (bicyclic) bond motifs is 1. The van der Waals surface area contributed by atoms with E-state index in [0.717, 1.165) is 35.5 Å². The minimum Gasteiger partial charge on any atom is -0.507 e. The second kappa shape index (κ2) is 9.26. The maximum Gasteiger partial charge on any atom is 0.320 e. The summed E-state index contributed by atoms with van der Waals surface area (Å²) < 4.78 is 5.09. The fraction of sp³-hybridized carbons (Fsp3) is 0.250. The summed E-state index contributed by atoms with van der Waals surface area (Å²) in [7, 11) is 1.61. The zero-order valence-electron chi connectivity index (χ0n) is 17.8. The molecule has 0 spiro atoms. The molecule has 7 heteroatoms. The van der Waals surface area contributed by atoms with Crippen LogP contribution in [0.1, 0.15) is 34.0 Å². The van der Waals surface area contributed by atoms with Gasteiger partial charge in [0.25, 0.3) is 5.91 Å². The minimum atomic E-state index is -0.414. The fourth-order valence-corrected chi connectivity index (χ4v) is 3.22. The lowest BCUT2D eigenvalue weighted by Crippen LogP contribution is -2.24. The van der Waals surface area contributed by atoms with Crippen LogP contribution in [-0.4, -0.2) is 41.6 Å². The van der Waals surface area contributed by atoms with Gasteiger partial charge in [-0.1, -0.05) is 30.6 Å². The highest BCUT2D eigenvalue weighted by Crippen LogP contribution is 2.26. The van der Waals surface area contributed by atoms with Crippen molar-refractivity contribution in [3.63, 3.8) is 0 Å². The minimum absolute atomic E-state index is 0.112. The summed E-state index contributed by atoms with van der Waals surface area (Å²) in [5.41, 5.74) is 3.96. The first-order valence-corrected chi connectivity index (χ1v) is 9.86. The van der Waals surface area contributed by atoms with E-state index >= 15 is 0 Å². The highest BCUT2D eigenvalue weighted by atomic mass is 16.5. The molecule has 2 aliphatic heterocycles. The predicted octanol–water partition coefficient (Wildman–Crippen LogP) is 2.92. The van der Waals surface area contributed by atoms with Crippen molar-refractivity contribution in [3.05, 3.63) is 70.9 Å². The molecular weight excluding hydrogens is 394 g/mol. The van der Waals surface area contributed by atoms with Crippen molar-refractivity contribution in [1.29, 1.82) is 0 Å². The van der Waals surface area contributed by atoms with Gasteiger partial charge in [0.15, 0.2) is 0 Å². The van der Waals surface area contributed by atoms with Crippen LogP contribution >= 0.6 is 0 Å². The van der Waals surface area contributed by atoms with Crippen LogP contribution in [0, 0.1) is 18.8 Å². The Bertz CT molecular complexity index is 1100. The molecule has 7 nitrogen and oxygen atoms in total. The van der Waals surface area contributed by atoms with Crippen LogP contribution in [0.4, 0.5) is 4.79 Å². The number of amides is 3. The van der Waals surface area contributed by atoms with Gasteiger partial charge in [0.2, 0.25) is 0 Å². The number of carbonyl (C=O) groups is 2. The summed E-state index contributed by atoms with van der Waals surface area (Å²) in [5.74, 6) is 6.66. The maximum absolute atomic E-state index is 11.8. The molecule has 1 saturated heterocycles. The molecule has 0 bridgehead atoms. The second-order valence-corrected chi connectivity index (χ2v) is 7.19. The summed E-state index contributed by atoms with van der Waals surface area (Å²) in [5, 5.41) is 14.7. The SMILES string of the molecule is C=C1NC(=O)NC1C#Cc1cc(C)ccc1O.CCN1Cc2ccc(OC)cc2C1=O. The van der Waals surface area contributed by atoms with E-state index in [9.17, 15) is 14.7 Å². The first kappa shape index (κ1) is 21.8. The number of aryl methyl sites for hydroxylation is 1. The van der Waals surface area contributed by atoms with Gasteiger partial charge < -0.3 is 25.4 Å². The highest BCUT2D eigenvalue weighted by molar-refractivity contribution is 5.98. The van der Waals surface area contributed by atoms with E-state index in [1.807, 2.05) is 36.9 Å². The molecular formula is C24H25N3O4. The topological polar surface area (TPSA) is 90.9 Å². The van der Waals surface area contributed by atoms with Gasteiger partial charge in [-0.15, -0.1) is 0 Å². The zero-order valence-corrected chi connectivity index (χ0v) is 17.8. The Balaban J connectivity index is 0.000000179. The number of rotatable bonds is 2. The van der Waals surface area contributed by atoms with E-state index < -0.39 is 6.04 Å². The molecule has 31 heavy (non-hydrogen) atoms. The van der Waals surface area contributed by atoms with Crippen molar-refractivity contribution < 1.29 is 19.4 Å². The Morgan fingerprint density at radius 2 is 2.03 bits per heavy atom. The number of hydrogen-bond acceptors (Lipinski definition) is 4. The third-order valence-electron chi connectivity index (χ3n) is 4.98. The van der Waals surface area contributed by atoms with Gasteiger partial charge in [-0.25, -0.2) is 4.79 Å². The quantitative estimate of drug-likeness (QED) is 0.653. The first-order valence-electron chi connectivity index (χ1n) is 9.86. The molecule has 0 aliphatic carbocycles. The van der Waals surface area contributed by atoms with Crippen molar-refractivity contribution in [3.8, 4) is 23.3 Å². The number of phenols is 1. The Morgan fingerprint density at radius 1 is 1.26 bits per heavy atom. The molecule has 4 rings (SSSR count). The standard InChI is InChI=1S/C13H12N2O2.C11H13NO2/c1-8-3-6-12(16)10(7-8)4-5-11-9(2)14-13(17)15-11;1-3-12-7-8-4-5-9(14-2)6-10(8)11(12)13/h3,6-7,11,16H,2H2,1H3,(H2,14,15,17);4-6H,3,7H2,1-2H3. The molecule has 2 aromatic rings. The Labute approximate surface area is 181 Å². The molecule has 3 amide bonds. The second-order valence-electron chi connectivity index (χ2n) is 7.19. The smallest absolute Gasteiger partial charge is 0.320 e. The third-order valence-corrected chi connectivity index (χ3v) is 4.98. The highest BCUT2D eigenvalue weighted by Gasteiger charge is 2.26. The monoisotopic (exact) mass is 419 g/mol. The lowest BCUT2D eigenvalue weighted by atomic mass is 10.1. The molecule has 160 valence electrons. The molecule has 0 aromatic heterocycles. The van der Waals surface area contributed by atoms with Gasteiger partial charge in [0.05, 0.1) is 12.7 Å². The third kappa shape index (κ3) is 4.98. The van der Waals surface area contributed by atoms with Crippen LogP contribution in [-0.2, 0) is 6.54 Å². The van der Waals surface area contributed by atoms with E-state index in [1.54, 1.807) is 25.3 Å². The number of nitrogens with zero attached hydrogens (tertiary/aromatic N) is 1. The average Bonchev–Trinajstić information content (AvgIpc) is 3.26. The fourth-order valence-electron chi connectivity index (χ4n) is 3.22. The number of carbonyl (C=O) groups excluding carboxylic acids is 2. The van der Waals surface area contributed by atoms with Crippen LogP contribution < -0.4 is 15.4 Å². The normalized spacial score (nSPS) is 16.4. The Morgan fingerprint density at radius 3 is 2.68 bits per heavy atom. The van der Waals surface area contributed by atoms with Crippen molar-refractivity contribution in [2.24, 2.45) is 0 Å². The molecule has 0 radical (unpaired) electrons. The summed E-state index contributed by atoms with van der Waals surface area (Å²) >= 11 is 0. The maximum atomic E-state index is 11.8. The predicted molar refractivity (Wildman–Crippen MR) is 118 cm³/mol. The average molecular weight is 419 g/mol. The number of methoxy groups -OCH3 is 1. The van der Waals surface area contributed by atoms with Crippen LogP contribution in [0.25, 0.3) is 0 Å². The number of ether oxygens (including phenoxy) is 1. The lowest BCUT2D eigenvalue weighted by Gasteiger charge is -2.10. The van der Waals surface area contributed by atoms with Crippen molar-refractivity contribution in [2.45, 2.75) is 26.4 Å². The Kier molecular flexibility index (Phi) is 6.51. The summed E-state index contributed by atoms with van der Waals surface area (Å²) in [6, 6.07) is 10.1. The number of nitrogens with one attached hydrogen (secondary N) is 2. The first-order chi connectivity index (χ1) is 14.8. The summed E-state index contributed by atoms with van der Waals surface area (Å²) in [4.78, 5) is 24.6. The molecule has 1 fully saturated rings. The van der Waals surface area contributed by atoms with Crippen LogP contribution in [0.2, 0.25) is 0 Å². The van der Waals surface area contributed by atoms with Gasteiger partial charge in [-0.3, -0.25) is 4.79 Å². The van der Waals surface area contributed by atoms with E-state index in [1.165, 1.54) is 0 Å². The molecule has 1 unspecified atom stereocenters. The summed E-state index contributed by atoms with van der Waals surface area (Å²) in [6.45, 7) is 9.08. The van der Waals surface area contributed by atoms with E-state index in [2.05, 4.69) is 29.1 Å². The molecule has 0 saturated carbocycles. The van der Waals surface area contributed by atoms with E-state index in [4.69, 9.17) is 4.74 Å². The van der Waals surface area contributed by atoms with Crippen molar-refractivity contribution in [1.82, 2.24) is 15.5 Å². The molecule has 2 heterocycles. The summed E-state index contributed by atoms with van der Waals surface area (Å²) in [6.07, 6.45) is 0. The van der Waals surface area contributed by atoms with E-state index in [-0.39, 0.29) is 17.7 Å². The van der Waals surface area contributed by atoms with Gasteiger partial charge in [-0.05, 0) is 49.2 Å². The molecule has 1 atom stereocenters. The zero-order chi connectivity index (χ0) is 22.5. The molecule has 2 aliphatic rings. The van der Waals surface area contributed by atoms with Gasteiger partial charge in [0, 0.05) is 24.4 Å². The van der Waals surface area contributed by atoms with E-state index in [0.29, 0.717) is 11.3 Å².